The Bertz CT molecular complexity index is 775. The zero-order valence-corrected chi connectivity index (χ0v) is 16.5. The summed E-state index contributed by atoms with van der Waals surface area (Å²) >= 11 is 0. The van der Waals surface area contributed by atoms with Crippen LogP contribution in [0, 0.1) is 5.82 Å². The first-order valence-corrected chi connectivity index (χ1v) is 8.66. The van der Waals surface area contributed by atoms with E-state index in [4.69, 9.17) is 18.9 Å². The minimum atomic E-state index is -0.344. The van der Waals surface area contributed by atoms with Crippen LogP contribution >= 0.6 is 0 Å². The minimum absolute atomic E-state index is 0.224. The first-order chi connectivity index (χ1) is 13.5. The largest absolute Gasteiger partial charge is 0.493 e. The van der Waals surface area contributed by atoms with Gasteiger partial charge in [-0.3, -0.25) is 0 Å². The van der Waals surface area contributed by atoms with Gasteiger partial charge in [0.15, 0.2) is 11.5 Å². The van der Waals surface area contributed by atoms with E-state index in [1.54, 1.807) is 31.3 Å². The van der Waals surface area contributed by atoms with E-state index in [9.17, 15) is 9.18 Å². The van der Waals surface area contributed by atoms with Crippen molar-refractivity contribution in [3.8, 4) is 23.0 Å². The molecule has 0 fully saturated rings. The molecule has 28 heavy (non-hydrogen) atoms. The molecule has 0 aliphatic heterocycles. The first-order valence-electron chi connectivity index (χ1n) is 8.66. The van der Waals surface area contributed by atoms with Gasteiger partial charge in [0.2, 0.25) is 5.75 Å². The molecule has 7 nitrogen and oxygen atoms in total. The summed E-state index contributed by atoms with van der Waals surface area (Å²) < 4.78 is 35.0. The maximum absolute atomic E-state index is 13.4. The van der Waals surface area contributed by atoms with Crippen molar-refractivity contribution in [2.24, 2.45) is 0 Å². The minimum Gasteiger partial charge on any atom is -0.493 e. The molecular formula is C20H25FN2O5. The van der Waals surface area contributed by atoms with Crippen molar-refractivity contribution in [1.82, 2.24) is 10.2 Å². The molecule has 0 atom stereocenters. The quantitative estimate of drug-likeness (QED) is 0.710. The third kappa shape index (κ3) is 5.42. The summed E-state index contributed by atoms with van der Waals surface area (Å²) in [5, 5.41) is 2.58. The molecule has 0 aliphatic carbocycles. The van der Waals surface area contributed by atoms with Gasteiger partial charge in [-0.05, 0) is 17.7 Å². The van der Waals surface area contributed by atoms with Gasteiger partial charge in [-0.15, -0.1) is 0 Å². The topological polar surface area (TPSA) is 69.3 Å². The second-order valence-corrected chi connectivity index (χ2v) is 5.82. The van der Waals surface area contributed by atoms with Gasteiger partial charge in [0.25, 0.3) is 0 Å². The third-order valence-electron chi connectivity index (χ3n) is 4.03. The molecule has 0 aromatic heterocycles. The van der Waals surface area contributed by atoms with Gasteiger partial charge >= 0.3 is 6.03 Å². The van der Waals surface area contributed by atoms with Crippen molar-refractivity contribution in [3.63, 3.8) is 0 Å². The zero-order chi connectivity index (χ0) is 20.5. The molecule has 0 radical (unpaired) electrons. The van der Waals surface area contributed by atoms with Crippen LogP contribution < -0.4 is 24.3 Å². The molecule has 0 spiro atoms. The molecule has 0 saturated carbocycles. The number of hydrogen-bond donors (Lipinski definition) is 1. The number of urea groups is 1. The molecule has 0 heterocycles. The Balaban J connectivity index is 2.06. The summed E-state index contributed by atoms with van der Waals surface area (Å²) in [6.07, 6.45) is 0. The molecule has 2 aromatic rings. The molecule has 0 saturated heterocycles. The van der Waals surface area contributed by atoms with E-state index < -0.39 is 0 Å². The average Bonchev–Trinajstić information content (AvgIpc) is 2.71. The monoisotopic (exact) mass is 392 g/mol. The Morgan fingerprint density at radius 1 is 1.07 bits per heavy atom. The fourth-order valence-electron chi connectivity index (χ4n) is 2.68. The molecule has 8 heteroatoms. The number of benzene rings is 2. The highest BCUT2D eigenvalue weighted by molar-refractivity contribution is 5.73. The number of hydrogen-bond acceptors (Lipinski definition) is 5. The predicted octanol–water partition coefficient (Wildman–Crippen LogP) is 3.07. The number of ether oxygens (including phenoxy) is 4. The van der Waals surface area contributed by atoms with Crippen molar-refractivity contribution >= 4 is 6.03 Å². The molecule has 2 amide bonds. The molecular weight excluding hydrogens is 367 g/mol. The van der Waals surface area contributed by atoms with Gasteiger partial charge in [0.1, 0.15) is 18.2 Å². The fourth-order valence-corrected chi connectivity index (χ4v) is 2.68. The number of carbonyl (C=O) groups is 1. The van der Waals surface area contributed by atoms with Crippen LogP contribution in [0.15, 0.2) is 36.4 Å². The van der Waals surface area contributed by atoms with Gasteiger partial charge in [-0.25, -0.2) is 9.18 Å². The molecule has 152 valence electrons. The summed E-state index contributed by atoms with van der Waals surface area (Å²) in [4.78, 5) is 13.7. The molecule has 2 rings (SSSR count). The fraction of sp³-hybridized carbons (Fsp3) is 0.350. The molecule has 1 N–H and O–H groups in total. The number of nitrogens with one attached hydrogen (secondary N) is 1. The molecule has 0 aliphatic rings. The maximum atomic E-state index is 13.4. The standard InChI is InChI=1S/C20H25FN2O5/c1-22-20(24)23(13-14-6-5-7-15(21)10-14)8-9-28-16-11-17(25-2)19(27-4)18(12-16)26-3/h5-7,10-12H,8-9,13H2,1-4H3,(H,22,24). The lowest BCUT2D eigenvalue weighted by molar-refractivity contribution is 0.181. The number of carbonyl (C=O) groups excluding carboxylic acids is 1. The lowest BCUT2D eigenvalue weighted by Gasteiger charge is -2.22. The Morgan fingerprint density at radius 3 is 2.29 bits per heavy atom. The lowest BCUT2D eigenvalue weighted by Crippen LogP contribution is -2.40. The second-order valence-electron chi connectivity index (χ2n) is 5.82. The molecule has 0 bridgehead atoms. The van der Waals surface area contributed by atoms with Crippen LogP contribution in [0.2, 0.25) is 0 Å². The van der Waals surface area contributed by atoms with Crippen molar-refractivity contribution in [1.29, 1.82) is 0 Å². The van der Waals surface area contributed by atoms with Crippen LogP contribution in [0.25, 0.3) is 0 Å². The maximum Gasteiger partial charge on any atom is 0.317 e. The SMILES string of the molecule is CNC(=O)N(CCOc1cc(OC)c(OC)c(OC)c1)Cc1cccc(F)c1. The highest BCUT2D eigenvalue weighted by Crippen LogP contribution is 2.40. The van der Waals surface area contributed by atoms with Crippen molar-refractivity contribution in [2.45, 2.75) is 6.54 Å². The van der Waals surface area contributed by atoms with Gasteiger partial charge in [0.05, 0.1) is 27.9 Å². The van der Waals surface area contributed by atoms with E-state index in [2.05, 4.69) is 5.32 Å². The normalized spacial score (nSPS) is 10.2. The number of rotatable bonds is 9. The Kier molecular flexibility index (Phi) is 7.74. The third-order valence-corrected chi connectivity index (χ3v) is 4.03. The summed E-state index contributed by atoms with van der Waals surface area (Å²) in [5.41, 5.74) is 0.691. The lowest BCUT2D eigenvalue weighted by atomic mass is 10.2. The van der Waals surface area contributed by atoms with Crippen molar-refractivity contribution in [2.75, 3.05) is 41.5 Å². The van der Waals surface area contributed by atoms with Crippen LogP contribution in [0.5, 0.6) is 23.0 Å². The van der Waals surface area contributed by atoms with E-state index >= 15 is 0 Å². The predicted molar refractivity (Wildman–Crippen MR) is 103 cm³/mol. The van der Waals surface area contributed by atoms with Gasteiger partial charge in [0, 0.05) is 25.7 Å². The van der Waals surface area contributed by atoms with E-state index in [0.29, 0.717) is 35.1 Å². The van der Waals surface area contributed by atoms with Crippen LogP contribution in [-0.2, 0) is 6.54 Å². The number of nitrogens with zero attached hydrogens (tertiary/aromatic N) is 1. The first kappa shape index (κ1) is 21.1. The zero-order valence-electron chi connectivity index (χ0n) is 16.5. The second kappa shape index (κ2) is 10.2. The number of halogens is 1. The van der Waals surface area contributed by atoms with Crippen LogP contribution in [0.1, 0.15) is 5.56 Å². The van der Waals surface area contributed by atoms with Crippen LogP contribution in [0.3, 0.4) is 0 Å². The smallest absolute Gasteiger partial charge is 0.317 e. The van der Waals surface area contributed by atoms with Crippen molar-refractivity contribution < 1.29 is 28.1 Å². The number of amides is 2. The highest BCUT2D eigenvalue weighted by Gasteiger charge is 2.16. The Hall–Kier alpha value is -3.16. The summed E-state index contributed by atoms with van der Waals surface area (Å²) in [7, 11) is 6.11. The van der Waals surface area contributed by atoms with Gasteiger partial charge in [-0.2, -0.15) is 0 Å². The van der Waals surface area contributed by atoms with E-state index in [0.717, 1.165) is 0 Å². The van der Waals surface area contributed by atoms with Gasteiger partial charge < -0.3 is 29.2 Å². The van der Waals surface area contributed by atoms with E-state index in [-0.39, 0.29) is 25.0 Å². The molecule has 0 unspecified atom stereocenters. The van der Waals surface area contributed by atoms with Crippen LogP contribution in [-0.4, -0.2) is 52.5 Å². The van der Waals surface area contributed by atoms with E-state index in [1.807, 2.05) is 0 Å². The van der Waals surface area contributed by atoms with Crippen molar-refractivity contribution in [3.05, 3.63) is 47.8 Å². The van der Waals surface area contributed by atoms with E-state index in [1.165, 1.54) is 38.4 Å². The summed E-state index contributed by atoms with van der Waals surface area (Å²) in [6, 6.07) is 9.21. The summed E-state index contributed by atoms with van der Waals surface area (Å²) in [5.74, 6) is 1.58. The Morgan fingerprint density at radius 2 is 1.75 bits per heavy atom. The Labute approximate surface area is 163 Å². The molecule has 2 aromatic carbocycles. The highest BCUT2D eigenvalue weighted by atomic mass is 19.1. The summed E-state index contributed by atoms with van der Waals surface area (Å²) in [6.45, 7) is 0.782. The van der Waals surface area contributed by atoms with Crippen LogP contribution in [0.4, 0.5) is 9.18 Å². The van der Waals surface area contributed by atoms with Gasteiger partial charge in [-0.1, -0.05) is 12.1 Å². The average molecular weight is 392 g/mol. The number of methoxy groups -OCH3 is 3.